The summed E-state index contributed by atoms with van der Waals surface area (Å²) in [6.45, 7) is 5.44. The predicted octanol–water partition coefficient (Wildman–Crippen LogP) is 2.86. The van der Waals surface area contributed by atoms with E-state index < -0.39 is 0 Å². The van der Waals surface area contributed by atoms with Crippen molar-refractivity contribution in [2.24, 2.45) is 0 Å². The molecule has 1 aromatic carbocycles. The molecule has 0 bridgehead atoms. The summed E-state index contributed by atoms with van der Waals surface area (Å²) >= 11 is 0. The Hall–Kier alpha value is -1.11. The lowest BCUT2D eigenvalue weighted by atomic mass is 10.1. The molecule has 52 valence electrons. The lowest BCUT2D eigenvalue weighted by molar-refractivity contribution is 0.624. The lowest BCUT2D eigenvalue weighted by Gasteiger charge is -1.98. The van der Waals surface area contributed by atoms with Crippen LogP contribution in [0.15, 0.2) is 30.8 Å². The van der Waals surface area contributed by atoms with Gasteiger partial charge in [0.2, 0.25) is 0 Å². The van der Waals surface area contributed by atoms with Crippen molar-refractivity contribution in [2.45, 2.75) is 6.92 Å². The molecule has 0 saturated carbocycles. The molecule has 0 aliphatic heterocycles. The van der Waals surface area contributed by atoms with Crippen LogP contribution in [0.4, 0.5) is 4.39 Å². The Kier molecular flexibility index (Phi) is 1.86. The molecule has 0 N–H and O–H groups in total. The molecular formula is C9H9F. The van der Waals surface area contributed by atoms with Crippen LogP contribution in [0.5, 0.6) is 0 Å². The number of allylic oxidation sites excluding steroid dienone is 1. The van der Waals surface area contributed by atoms with Gasteiger partial charge in [-0.1, -0.05) is 24.8 Å². The maximum Gasteiger partial charge on any atom is 0.130 e. The molecule has 0 amide bonds. The fraction of sp³-hybridized carbons (Fsp3) is 0.111. The highest BCUT2D eigenvalue weighted by molar-refractivity contribution is 5.61. The molecule has 0 atom stereocenters. The van der Waals surface area contributed by atoms with Gasteiger partial charge in [0.25, 0.3) is 0 Å². The number of benzene rings is 1. The van der Waals surface area contributed by atoms with E-state index in [0.717, 1.165) is 5.57 Å². The second-order valence-electron chi connectivity index (χ2n) is 2.26. The van der Waals surface area contributed by atoms with Gasteiger partial charge >= 0.3 is 0 Å². The first kappa shape index (κ1) is 7.00. The normalized spacial score (nSPS) is 9.40. The second-order valence-corrected chi connectivity index (χ2v) is 2.26. The van der Waals surface area contributed by atoms with Crippen molar-refractivity contribution in [1.82, 2.24) is 0 Å². The van der Waals surface area contributed by atoms with Crippen molar-refractivity contribution in [2.75, 3.05) is 0 Å². The van der Waals surface area contributed by atoms with Gasteiger partial charge in [-0.3, -0.25) is 0 Å². The van der Waals surface area contributed by atoms with Crippen LogP contribution in [-0.4, -0.2) is 0 Å². The number of halogens is 1. The highest BCUT2D eigenvalue weighted by atomic mass is 19.1. The quantitative estimate of drug-likeness (QED) is 0.556. The molecule has 10 heavy (non-hydrogen) atoms. The average Bonchev–Trinajstić information content (AvgIpc) is 1.88. The third-order valence-electron chi connectivity index (χ3n) is 1.33. The monoisotopic (exact) mass is 136 g/mol. The predicted molar refractivity (Wildman–Crippen MR) is 41.1 cm³/mol. The maximum atomic E-state index is 12.8. The molecule has 0 aliphatic rings. The summed E-state index contributed by atoms with van der Waals surface area (Å²) in [5.74, 6) is -0.199. The van der Waals surface area contributed by atoms with Crippen LogP contribution < -0.4 is 0 Å². The van der Waals surface area contributed by atoms with E-state index in [2.05, 4.69) is 6.58 Å². The fourth-order valence-corrected chi connectivity index (χ4v) is 0.807. The number of hydrogen-bond donors (Lipinski definition) is 0. The molecule has 0 aromatic heterocycles. The minimum absolute atomic E-state index is 0.199. The van der Waals surface area contributed by atoms with Crippen molar-refractivity contribution < 1.29 is 4.39 Å². The van der Waals surface area contributed by atoms with Crippen molar-refractivity contribution in [1.29, 1.82) is 0 Å². The molecule has 1 rings (SSSR count). The van der Waals surface area contributed by atoms with E-state index in [1.807, 2.05) is 0 Å². The number of hydrogen-bond acceptors (Lipinski definition) is 0. The van der Waals surface area contributed by atoms with Gasteiger partial charge in [0.1, 0.15) is 5.82 Å². The topological polar surface area (TPSA) is 0 Å². The van der Waals surface area contributed by atoms with Crippen molar-refractivity contribution in [3.63, 3.8) is 0 Å². The van der Waals surface area contributed by atoms with E-state index in [4.69, 9.17) is 0 Å². The summed E-state index contributed by atoms with van der Waals surface area (Å²) < 4.78 is 12.8. The Morgan fingerprint density at radius 1 is 1.40 bits per heavy atom. The highest BCUT2D eigenvalue weighted by Gasteiger charge is 1.98. The second kappa shape index (κ2) is 2.65. The third-order valence-corrected chi connectivity index (χ3v) is 1.33. The van der Waals surface area contributed by atoms with Gasteiger partial charge in [0, 0.05) is 5.56 Å². The van der Waals surface area contributed by atoms with E-state index in [-0.39, 0.29) is 5.82 Å². The molecule has 0 nitrogen and oxygen atoms in total. The molecule has 0 fully saturated rings. The largest absolute Gasteiger partial charge is 0.206 e. The standard InChI is InChI=1S/C9H9F/c1-7(2)8-5-3-4-6-9(8)10/h3-6H,1H2,2H3. The van der Waals surface area contributed by atoms with E-state index >= 15 is 0 Å². The van der Waals surface area contributed by atoms with Gasteiger partial charge < -0.3 is 0 Å². The Morgan fingerprint density at radius 2 is 2.00 bits per heavy atom. The summed E-state index contributed by atoms with van der Waals surface area (Å²) in [5.41, 5.74) is 1.36. The smallest absolute Gasteiger partial charge is 0.130 e. The van der Waals surface area contributed by atoms with Crippen LogP contribution in [0.3, 0.4) is 0 Å². The zero-order valence-corrected chi connectivity index (χ0v) is 5.89. The molecular weight excluding hydrogens is 127 g/mol. The van der Waals surface area contributed by atoms with Crippen LogP contribution in [-0.2, 0) is 0 Å². The molecule has 0 unspecified atom stereocenters. The van der Waals surface area contributed by atoms with Crippen LogP contribution >= 0.6 is 0 Å². The van der Waals surface area contributed by atoms with Crippen LogP contribution in [0.2, 0.25) is 0 Å². The average molecular weight is 136 g/mol. The Morgan fingerprint density at radius 3 is 2.40 bits per heavy atom. The zero-order valence-electron chi connectivity index (χ0n) is 5.89. The van der Waals surface area contributed by atoms with Gasteiger partial charge in [0.05, 0.1) is 0 Å². The van der Waals surface area contributed by atoms with Gasteiger partial charge in [-0.15, -0.1) is 0 Å². The van der Waals surface area contributed by atoms with Gasteiger partial charge in [-0.25, -0.2) is 4.39 Å². The van der Waals surface area contributed by atoms with E-state index in [1.54, 1.807) is 25.1 Å². The number of rotatable bonds is 1. The Balaban J connectivity index is 3.15. The minimum Gasteiger partial charge on any atom is -0.206 e. The molecule has 1 aromatic rings. The van der Waals surface area contributed by atoms with E-state index in [1.165, 1.54) is 6.07 Å². The SMILES string of the molecule is C=C(C)c1ccccc1F. The Bertz CT molecular complexity index is 251. The lowest BCUT2D eigenvalue weighted by Crippen LogP contribution is -1.82. The molecule has 0 radical (unpaired) electrons. The summed E-state index contributed by atoms with van der Waals surface area (Å²) in [5, 5.41) is 0. The van der Waals surface area contributed by atoms with Gasteiger partial charge in [-0.05, 0) is 18.6 Å². The first-order chi connectivity index (χ1) is 4.72. The van der Waals surface area contributed by atoms with Crippen molar-refractivity contribution >= 4 is 5.57 Å². The van der Waals surface area contributed by atoms with Crippen LogP contribution in [0.25, 0.3) is 5.57 Å². The highest BCUT2D eigenvalue weighted by Crippen LogP contribution is 2.14. The third kappa shape index (κ3) is 1.24. The van der Waals surface area contributed by atoms with Gasteiger partial charge in [0.15, 0.2) is 0 Å². The van der Waals surface area contributed by atoms with Crippen LogP contribution in [0.1, 0.15) is 12.5 Å². The molecule has 0 heterocycles. The summed E-state index contributed by atoms with van der Waals surface area (Å²) in [4.78, 5) is 0. The fourth-order valence-electron chi connectivity index (χ4n) is 0.807. The van der Waals surface area contributed by atoms with Gasteiger partial charge in [-0.2, -0.15) is 0 Å². The van der Waals surface area contributed by atoms with Crippen molar-refractivity contribution in [3.8, 4) is 0 Å². The molecule has 0 saturated heterocycles. The Labute approximate surface area is 60.0 Å². The molecule has 0 spiro atoms. The summed E-state index contributed by atoms with van der Waals surface area (Å²) in [6, 6.07) is 6.62. The first-order valence-corrected chi connectivity index (χ1v) is 3.12. The summed E-state index contributed by atoms with van der Waals surface area (Å²) in [7, 11) is 0. The first-order valence-electron chi connectivity index (χ1n) is 3.12. The van der Waals surface area contributed by atoms with E-state index in [9.17, 15) is 4.39 Å². The summed E-state index contributed by atoms with van der Waals surface area (Å²) in [6.07, 6.45) is 0. The minimum atomic E-state index is -0.199. The van der Waals surface area contributed by atoms with E-state index in [0.29, 0.717) is 5.56 Å². The van der Waals surface area contributed by atoms with Crippen molar-refractivity contribution in [3.05, 3.63) is 42.2 Å². The molecule has 1 heteroatoms. The van der Waals surface area contributed by atoms with Crippen LogP contribution in [0, 0.1) is 5.82 Å². The molecule has 0 aliphatic carbocycles. The zero-order chi connectivity index (χ0) is 7.56. The maximum absolute atomic E-state index is 12.8.